The summed E-state index contributed by atoms with van der Waals surface area (Å²) in [5.41, 5.74) is 1.01. The first-order chi connectivity index (χ1) is 7.45. The summed E-state index contributed by atoms with van der Waals surface area (Å²) in [6.45, 7) is 3.00. The molecule has 2 heterocycles. The zero-order valence-electron chi connectivity index (χ0n) is 8.95. The minimum absolute atomic E-state index is 0.635. The normalized spacial score (nSPS) is 21.5. The van der Waals surface area contributed by atoms with Crippen LogP contribution in [0.4, 0.5) is 0 Å². The maximum atomic E-state index is 4.22. The van der Waals surface area contributed by atoms with Crippen molar-refractivity contribution in [1.29, 1.82) is 0 Å². The molecule has 0 bridgehead atoms. The molecule has 1 saturated heterocycles. The van der Waals surface area contributed by atoms with Gasteiger partial charge in [-0.15, -0.1) is 0 Å². The Morgan fingerprint density at radius 2 is 2.40 bits per heavy atom. The zero-order chi connectivity index (χ0) is 10.3. The van der Waals surface area contributed by atoms with Crippen LogP contribution in [0, 0.1) is 0 Å². The molecule has 0 radical (unpaired) electrons. The van der Waals surface area contributed by atoms with E-state index in [1.807, 2.05) is 0 Å². The molecule has 0 unspecified atom stereocenters. The second-order valence-electron chi connectivity index (χ2n) is 3.97. The van der Waals surface area contributed by atoms with Crippen molar-refractivity contribution in [3.63, 3.8) is 0 Å². The van der Waals surface area contributed by atoms with Gasteiger partial charge >= 0.3 is 0 Å². The standard InChI is InChI=1S/C11H18N4/c1-2-4-14-10(3-1)7-13-9-11-8-12-5-6-15-11/h5-6,8,10,13-14H,1-4,7,9H2/t10-/m0/s1. The van der Waals surface area contributed by atoms with Crippen molar-refractivity contribution in [1.82, 2.24) is 20.6 Å². The lowest BCUT2D eigenvalue weighted by molar-refractivity contribution is 0.382. The van der Waals surface area contributed by atoms with E-state index >= 15 is 0 Å². The lowest BCUT2D eigenvalue weighted by Gasteiger charge is -2.23. The summed E-state index contributed by atoms with van der Waals surface area (Å²) >= 11 is 0. The zero-order valence-corrected chi connectivity index (χ0v) is 8.95. The number of aromatic nitrogens is 2. The quantitative estimate of drug-likeness (QED) is 0.761. The summed E-state index contributed by atoms with van der Waals surface area (Å²) in [4.78, 5) is 8.25. The largest absolute Gasteiger partial charge is 0.313 e. The van der Waals surface area contributed by atoms with Crippen molar-refractivity contribution >= 4 is 0 Å². The minimum atomic E-state index is 0.635. The Kier molecular flexibility index (Phi) is 4.05. The van der Waals surface area contributed by atoms with Crippen LogP contribution < -0.4 is 10.6 Å². The minimum Gasteiger partial charge on any atom is -0.313 e. The third-order valence-electron chi connectivity index (χ3n) is 2.73. The van der Waals surface area contributed by atoms with Gasteiger partial charge in [0.05, 0.1) is 5.69 Å². The number of hydrogen-bond donors (Lipinski definition) is 2. The van der Waals surface area contributed by atoms with E-state index in [-0.39, 0.29) is 0 Å². The van der Waals surface area contributed by atoms with E-state index in [0.717, 1.165) is 25.3 Å². The highest BCUT2D eigenvalue weighted by Gasteiger charge is 2.11. The van der Waals surface area contributed by atoms with Crippen molar-refractivity contribution in [2.45, 2.75) is 31.8 Å². The van der Waals surface area contributed by atoms with Crippen molar-refractivity contribution in [3.05, 3.63) is 24.3 Å². The first-order valence-corrected chi connectivity index (χ1v) is 5.64. The van der Waals surface area contributed by atoms with Crippen molar-refractivity contribution in [3.8, 4) is 0 Å². The molecule has 1 atom stereocenters. The van der Waals surface area contributed by atoms with Gasteiger partial charge in [0.2, 0.25) is 0 Å². The highest BCUT2D eigenvalue weighted by molar-refractivity contribution is 4.93. The number of hydrogen-bond acceptors (Lipinski definition) is 4. The van der Waals surface area contributed by atoms with Gasteiger partial charge in [-0.05, 0) is 19.4 Å². The van der Waals surface area contributed by atoms with Crippen LogP contribution in [0.3, 0.4) is 0 Å². The van der Waals surface area contributed by atoms with Gasteiger partial charge in [0.25, 0.3) is 0 Å². The molecule has 1 aliphatic rings. The molecule has 0 spiro atoms. The molecule has 1 aromatic heterocycles. The summed E-state index contributed by atoms with van der Waals surface area (Å²) in [7, 11) is 0. The van der Waals surface area contributed by atoms with E-state index < -0.39 is 0 Å². The van der Waals surface area contributed by atoms with Gasteiger partial charge in [-0.2, -0.15) is 0 Å². The predicted molar refractivity (Wildman–Crippen MR) is 59.4 cm³/mol. The second-order valence-corrected chi connectivity index (χ2v) is 3.97. The second kappa shape index (κ2) is 5.78. The maximum Gasteiger partial charge on any atom is 0.0724 e. The molecule has 0 amide bonds. The van der Waals surface area contributed by atoms with Crippen LogP contribution in [0.25, 0.3) is 0 Å². The molecule has 15 heavy (non-hydrogen) atoms. The first-order valence-electron chi connectivity index (χ1n) is 5.64. The fourth-order valence-corrected chi connectivity index (χ4v) is 1.89. The highest BCUT2D eigenvalue weighted by Crippen LogP contribution is 2.05. The number of piperidine rings is 1. The Morgan fingerprint density at radius 1 is 1.40 bits per heavy atom. The summed E-state index contributed by atoms with van der Waals surface area (Å²) in [6, 6.07) is 0.635. The van der Waals surface area contributed by atoms with E-state index in [9.17, 15) is 0 Å². The molecule has 0 saturated carbocycles. The molecule has 1 aliphatic heterocycles. The van der Waals surface area contributed by atoms with Crippen LogP contribution in [0.2, 0.25) is 0 Å². The van der Waals surface area contributed by atoms with Crippen LogP contribution >= 0.6 is 0 Å². The Balaban J connectivity index is 1.66. The van der Waals surface area contributed by atoms with Crippen LogP contribution in [-0.4, -0.2) is 29.1 Å². The van der Waals surface area contributed by atoms with Crippen LogP contribution in [0.1, 0.15) is 25.0 Å². The fourth-order valence-electron chi connectivity index (χ4n) is 1.89. The molecule has 2 rings (SSSR count). The lowest BCUT2D eigenvalue weighted by Crippen LogP contribution is -2.41. The van der Waals surface area contributed by atoms with Crippen molar-refractivity contribution < 1.29 is 0 Å². The molecule has 4 heteroatoms. The average molecular weight is 206 g/mol. The Morgan fingerprint density at radius 3 is 3.13 bits per heavy atom. The molecular formula is C11H18N4. The molecule has 4 nitrogen and oxygen atoms in total. The predicted octanol–water partition coefficient (Wildman–Crippen LogP) is 0.708. The van der Waals surface area contributed by atoms with Gasteiger partial charge in [-0.3, -0.25) is 9.97 Å². The SMILES string of the molecule is c1cnc(CNC[C@@H]2CCCCN2)cn1. The van der Waals surface area contributed by atoms with Crippen molar-refractivity contribution in [2.75, 3.05) is 13.1 Å². The summed E-state index contributed by atoms with van der Waals surface area (Å²) in [5.74, 6) is 0. The third kappa shape index (κ3) is 3.57. The smallest absolute Gasteiger partial charge is 0.0724 e. The van der Waals surface area contributed by atoms with Crippen LogP contribution in [0.15, 0.2) is 18.6 Å². The van der Waals surface area contributed by atoms with Gasteiger partial charge in [0.15, 0.2) is 0 Å². The van der Waals surface area contributed by atoms with E-state index in [1.54, 1.807) is 18.6 Å². The van der Waals surface area contributed by atoms with E-state index in [2.05, 4.69) is 20.6 Å². The monoisotopic (exact) mass is 206 g/mol. The highest BCUT2D eigenvalue weighted by atomic mass is 15.0. The Labute approximate surface area is 90.5 Å². The summed E-state index contributed by atoms with van der Waals surface area (Å²) < 4.78 is 0. The molecular weight excluding hydrogens is 188 g/mol. The summed E-state index contributed by atoms with van der Waals surface area (Å²) in [5, 5.41) is 6.91. The number of rotatable bonds is 4. The third-order valence-corrected chi connectivity index (χ3v) is 2.73. The Bertz CT molecular complexity index is 269. The van der Waals surface area contributed by atoms with Crippen LogP contribution in [0.5, 0.6) is 0 Å². The summed E-state index contributed by atoms with van der Waals surface area (Å²) in [6.07, 6.45) is 9.20. The number of nitrogens with zero attached hydrogens (tertiary/aromatic N) is 2. The first kappa shape index (κ1) is 10.5. The molecule has 2 N–H and O–H groups in total. The van der Waals surface area contributed by atoms with Gasteiger partial charge in [-0.1, -0.05) is 6.42 Å². The van der Waals surface area contributed by atoms with E-state index in [1.165, 1.54) is 19.3 Å². The van der Waals surface area contributed by atoms with Gasteiger partial charge in [0.1, 0.15) is 0 Å². The van der Waals surface area contributed by atoms with Crippen molar-refractivity contribution in [2.24, 2.45) is 0 Å². The Hall–Kier alpha value is -1.00. The van der Waals surface area contributed by atoms with Gasteiger partial charge < -0.3 is 10.6 Å². The maximum absolute atomic E-state index is 4.22. The lowest BCUT2D eigenvalue weighted by atomic mass is 10.1. The molecule has 82 valence electrons. The van der Waals surface area contributed by atoms with E-state index in [0.29, 0.717) is 6.04 Å². The molecule has 1 fully saturated rings. The van der Waals surface area contributed by atoms with Gasteiger partial charge in [-0.25, -0.2) is 0 Å². The average Bonchev–Trinajstić information content (AvgIpc) is 2.32. The van der Waals surface area contributed by atoms with Crippen LogP contribution in [-0.2, 0) is 6.54 Å². The van der Waals surface area contributed by atoms with Gasteiger partial charge in [0, 0.05) is 37.7 Å². The molecule has 0 aliphatic carbocycles. The molecule has 0 aromatic carbocycles. The fraction of sp³-hybridized carbons (Fsp3) is 0.636. The number of nitrogens with one attached hydrogen (secondary N) is 2. The van der Waals surface area contributed by atoms with E-state index in [4.69, 9.17) is 0 Å². The topological polar surface area (TPSA) is 49.8 Å². The molecule has 1 aromatic rings.